The van der Waals surface area contributed by atoms with E-state index in [0.717, 1.165) is 29.2 Å². The zero-order chi connectivity index (χ0) is 12.0. The van der Waals surface area contributed by atoms with Crippen LogP contribution in [0.2, 0.25) is 0 Å². The highest BCUT2D eigenvalue weighted by molar-refractivity contribution is 7.98. The van der Waals surface area contributed by atoms with E-state index in [1.54, 1.807) is 0 Å². The molecule has 0 saturated carbocycles. The predicted molar refractivity (Wildman–Crippen MR) is 69.9 cm³/mol. The van der Waals surface area contributed by atoms with Gasteiger partial charge in [-0.05, 0) is 24.8 Å². The second-order valence-electron chi connectivity index (χ2n) is 3.61. The summed E-state index contributed by atoms with van der Waals surface area (Å²) in [6.45, 7) is 7.65. The third-order valence-corrected chi connectivity index (χ3v) is 3.37. The Labute approximate surface area is 102 Å². The molecule has 1 aromatic heterocycles. The largest absolute Gasteiger partial charge is 0.506 e. The molecular formula is C12H20N2OS. The Bertz CT molecular complexity index is 342. The summed E-state index contributed by atoms with van der Waals surface area (Å²) < 4.78 is 0. The lowest BCUT2D eigenvalue weighted by atomic mass is 10.1. The third-order valence-electron chi connectivity index (χ3n) is 2.44. The maximum atomic E-state index is 9.99. The van der Waals surface area contributed by atoms with E-state index in [1.807, 2.05) is 24.9 Å². The van der Waals surface area contributed by atoms with Crippen molar-refractivity contribution < 1.29 is 5.11 Å². The van der Waals surface area contributed by atoms with Crippen LogP contribution in [0.4, 0.5) is 0 Å². The first-order chi connectivity index (χ1) is 7.70. The van der Waals surface area contributed by atoms with Crippen molar-refractivity contribution in [3.8, 4) is 5.75 Å². The highest BCUT2D eigenvalue weighted by Gasteiger charge is 2.10. The Morgan fingerprint density at radius 3 is 2.81 bits per heavy atom. The highest BCUT2D eigenvalue weighted by Crippen LogP contribution is 2.26. The molecule has 4 heteroatoms. The van der Waals surface area contributed by atoms with Gasteiger partial charge >= 0.3 is 0 Å². The Kier molecular flexibility index (Phi) is 5.63. The molecule has 90 valence electrons. The van der Waals surface area contributed by atoms with Crippen LogP contribution in [0.25, 0.3) is 0 Å². The topological polar surface area (TPSA) is 45.2 Å². The van der Waals surface area contributed by atoms with Crippen LogP contribution in [-0.2, 0) is 12.3 Å². The van der Waals surface area contributed by atoms with Gasteiger partial charge in [-0.3, -0.25) is 4.98 Å². The number of hydrogen-bond donors (Lipinski definition) is 2. The van der Waals surface area contributed by atoms with Crippen LogP contribution < -0.4 is 5.32 Å². The minimum absolute atomic E-state index is 0.343. The zero-order valence-electron chi connectivity index (χ0n) is 10.2. The molecule has 0 amide bonds. The molecule has 0 atom stereocenters. The molecule has 0 spiro atoms. The monoisotopic (exact) mass is 240 g/mol. The molecule has 1 aromatic rings. The minimum atomic E-state index is 0.343. The molecule has 2 N–H and O–H groups in total. The summed E-state index contributed by atoms with van der Waals surface area (Å²) in [6.07, 6.45) is 1.88. The van der Waals surface area contributed by atoms with Gasteiger partial charge in [0.15, 0.2) is 0 Å². The predicted octanol–water partition coefficient (Wildman–Crippen LogP) is 2.46. The SMILES string of the molecule is CCNCc1c(CSCC)cnc(C)c1O. The molecule has 0 aromatic carbocycles. The lowest BCUT2D eigenvalue weighted by molar-refractivity contribution is 0.456. The maximum absolute atomic E-state index is 9.99. The van der Waals surface area contributed by atoms with E-state index >= 15 is 0 Å². The number of aromatic nitrogens is 1. The molecule has 16 heavy (non-hydrogen) atoms. The second-order valence-corrected chi connectivity index (χ2v) is 4.89. The van der Waals surface area contributed by atoms with Gasteiger partial charge < -0.3 is 10.4 Å². The molecule has 0 fully saturated rings. The first kappa shape index (κ1) is 13.3. The summed E-state index contributed by atoms with van der Waals surface area (Å²) in [6, 6.07) is 0. The van der Waals surface area contributed by atoms with Gasteiger partial charge in [-0.15, -0.1) is 0 Å². The van der Waals surface area contributed by atoms with E-state index in [-0.39, 0.29) is 0 Å². The van der Waals surface area contributed by atoms with Crippen molar-refractivity contribution in [1.82, 2.24) is 10.3 Å². The summed E-state index contributed by atoms with van der Waals surface area (Å²) in [5.41, 5.74) is 2.84. The standard InChI is InChI=1S/C12H20N2OS/c1-4-13-7-11-10(8-16-5-2)6-14-9(3)12(11)15/h6,13,15H,4-5,7-8H2,1-3H3. The van der Waals surface area contributed by atoms with Gasteiger partial charge in [-0.1, -0.05) is 13.8 Å². The molecule has 0 saturated heterocycles. The van der Waals surface area contributed by atoms with E-state index in [4.69, 9.17) is 0 Å². The van der Waals surface area contributed by atoms with Gasteiger partial charge in [0.25, 0.3) is 0 Å². The van der Waals surface area contributed by atoms with Crippen LogP contribution in [0.3, 0.4) is 0 Å². The number of hydrogen-bond acceptors (Lipinski definition) is 4. The van der Waals surface area contributed by atoms with E-state index in [1.165, 1.54) is 0 Å². The van der Waals surface area contributed by atoms with Gasteiger partial charge in [0, 0.05) is 24.1 Å². The van der Waals surface area contributed by atoms with Crippen molar-refractivity contribution in [1.29, 1.82) is 0 Å². The molecule has 1 heterocycles. The fourth-order valence-electron chi connectivity index (χ4n) is 1.47. The Morgan fingerprint density at radius 1 is 1.44 bits per heavy atom. The number of thioether (sulfide) groups is 1. The van der Waals surface area contributed by atoms with Crippen LogP contribution in [0.5, 0.6) is 5.75 Å². The zero-order valence-corrected chi connectivity index (χ0v) is 11.0. The number of aryl methyl sites for hydroxylation is 1. The Hall–Kier alpha value is -0.740. The summed E-state index contributed by atoms with van der Waals surface area (Å²) in [5.74, 6) is 2.34. The summed E-state index contributed by atoms with van der Waals surface area (Å²) in [4.78, 5) is 4.21. The third kappa shape index (κ3) is 3.39. The van der Waals surface area contributed by atoms with Crippen molar-refractivity contribution in [3.05, 3.63) is 23.0 Å². The maximum Gasteiger partial charge on any atom is 0.141 e. The quantitative estimate of drug-likeness (QED) is 0.802. The molecule has 0 radical (unpaired) electrons. The van der Waals surface area contributed by atoms with Gasteiger partial charge in [0.1, 0.15) is 5.75 Å². The van der Waals surface area contributed by atoms with Crippen LogP contribution in [0.1, 0.15) is 30.7 Å². The first-order valence-corrected chi connectivity index (χ1v) is 6.80. The fraction of sp³-hybridized carbons (Fsp3) is 0.583. The summed E-state index contributed by atoms with van der Waals surface area (Å²) in [5, 5.41) is 13.2. The van der Waals surface area contributed by atoms with Gasteiger partial charge in [0.05, 0.1) is 5.69 Å². The number of nitrogens with one attached hydrogen (secondary N) is 1. The molecule has 0 aliphatic carbocycles. The minimum Gasteiger partial charge on any atom is -0.506 e. The van der Waals surface area contributed by atoms with Crippen LogP contribution in [0, 0.1) is 6.92 Å². The van der Waals surface area contributed by atoms with E-state index in [2.05, 4.69) is 24.1 Å². The van der Waals surface area contributed by atoms with Crippen LogP contribution >= 0.6 is 11.8 Å². The van der Waals surface area contributed by atoms with Crippen molar-refractivity contribution >= 4 is 11.8 Å². The van der Waals surface area contributed by atoms with Gasteiger partial charge in [0.2, 0.25) is 0 Å². The average Bonchev–Trinajstić information content (AvgIpc) is 2.29. The van der Waals surface area contributed by atoms with E-state index < -0.39 is 0 Å². The molecule has 0 bridgehead atoms. The van der Waals surface area contributed by atoms with E-state index in [9.17, 15) is 5.11 Å². The van der Waals surface area contributed by atoms with Gasteiger partial charge in [-0.25, -0.2) is 0 Å². The number of pyridine rings is 1. The first-order valence-electron chi connectivity index (χ1n) is 5.65. The Balaban J connectivity index is 2.91. The molecule has 1 rings (SSSR count). The molecular weight excluding hydrogens is 220 g/mol. The smallest absolute Gasteiger partial charge is 0.141 e. The second kappa shape index (κ2) is 6.76. The number of nitrogens with zero attached hydrogens (tertiary/aromatic N) is 1. The van der Waals surface area contributed by atoms with E-state index in [0.29, 0.717) is 18.0 Å². The average molecular weight is 240 g/mol. The van der Waals surface area contributed by atoms with Crippen molar-refractivity contribution in [2.75, 3.05) is 12.3 Å². The Morgan fingerprint density at radius 2 is 2.19 bits per heavy atom. The number of aromatic hydroxyl groups is 1. The summed E-state index contributed by atoms with van der Waals surface area (Å²) >= 11 is 1.84. The molecule has 3 nitrogen and oxygen atoms in total. The molecule has 0 aliphatic heterocycles. The van der Waals surface area contributed by atoms with Crippen molar-refractivity contribution in [3.63, 3.8) is 0 Å². The normalized spacial score (nSPS) is 10.7. The van der Waals surface area contributed by atoms with Crippen molar-refractivity contribution in [2.24, 2.45) is 0 Å². The lowest BCUT2D eigenvalue weighted by Crippen LogP contribution is -2.14. The van der Waals surface area contributed by atoms with Gasteiger partial charge in [-0.2, -0.15) is 11.8 Å². The lowest BCUT2D eigenvalue weighted by Gasteiger charge is -2.12. The van der Waals surface area contributed by atoms with Crippen LogP contribution in [-0.4, -0.2) is 22.4 Å². The number of rotatable bonds is 6. The highest BCUT2D eigenvalue weighted by atomic mass is 32.2. The molecule has 0 aliphatic rings. The molecule has 0 unspecified atom stereocenters. The fourth-order valence-corrected chi connectivity index (χ4v) is 2.14. The summed E-state index contributed by atoms with van der Waals surface area (Å²) in [7, 11) is 0. The van der Waals surface area contributed by atoms with Crippen LogP contribution in [0.15, 0.2) is 6.20 Å². The van der Waals surface area contributed by atoms with Crippen molar-refractivity contribution in [2.45, 2.75) is 33.1 Å².